The molecule has 0 radical (unpaired) electrons. The summed E-state index contributed by atoms with van der Waals surface area (Å²) < 4.78 is 34.1. The first-order valence-electron chi connectivity index (χ1n) is 13.6. The lowest BCUT2D eigenvalue weighted by atomic mass is 10.1. The molecule has 3 aromatic rings. The van der Waals surface area contributed by atoms with Crippen LogP contribution in [-0.4, -0.2) is 62.8 Å². The smallest absolute Gasteiger partial charge is 0.273 e. The van der Waals surface area contributed by atoms with E-state index in [0.29, 0.717) is 30.7 Å². The molecule has 0 heterocycles. The lowest BCUT2D eigenvalue weighted by molar-refractivity contribution is -0.385. The lowest BCUT2D eigenvalue weighted by Crippen LogP contribution is -2.53. The van der Waals surface area contributed by atoms with Crippen LogP contribution in [0.1, 0.15) is 31.4 Å². The number of carbonyl (C=O) groups excluding carboxylic acids is 2. The molecule has 42 heavy (non-hydrogen) atoms. The van der Waals surface area contributed by atoms with Gasteiger partial charge in [-0.05, 0) is 62.6 Å². The molecule has 1 N–H and O–H groups in total. The number of rotatable bonds is 14. The predicted octanol–water partition coefficient (Wildman–Crippen LogP) is 4.09. The first-order chi connectivity index (χ1) is 20.0. The van der Waals surface area contributed by atoms with Crippen LogP contribution in [0.5, 0.6) is 5.75 Å². The van der Waals surface area contributed by atoms with Crippen LogP contribution in [0.3, 0.4) is 0 Å². The molecule has 0 fully saturated rings. The van der Waals surface area contributed by atoms with Gasteiger partial charge in [0.25, 0.3) is 15.7 Å². The molecule has 0 bridgehead atoms. The highest BCUT2D eigenvalue weighted by Gasteiger charge is 2.34. The molecule has 0 saturated heterocycles. The molecular weight excluding hydrogens is 560 g/mol. The van der Waals surface area contributed by atoms with E-state index < -0.39 is 33.4 Å². The maximum atomic E-state index is 14.0. The largest absolute Gasteiger partial charge is 0.497 e. The fourth-order valence-electron chi connectivity index (χ4n) is 4.54. The summed E-state index contributed by atoms with van der Waals surface area (Å²) in [5.74, 6) is -0.459. The predicted molar refractivity (Wildman–Crippen MR) is 160 cm³/mol. The summed E-state index contributed by atoms with van der Waals surface area (Å²) in [5.41, 5.74) is 1.05. The van der Waals surface area contributed by atoms with Gasteiger partial charge in [0, 0.05) is 24.7 Å². The number of nitro benzene ring substituents is 1. The van der Waals surface area contributed by atoms with Gasteiger partial charge < -0.3 is 15.0 Å². The van der Waals surface area contributed by atoms with Gasteiger partial charge in [-0.2, -0.15) is 0 Å². The fraction of sp³-hybridized carbons (Fsp3) is 0.333. The summed E-state index contributed by atoms with van der Waals surface area (Å²) in [6.45, 7) is 4.97. The highest BCUT2D eigenvalue weighted by Crippen LogP contribution is 2.29. The van der Waals surface area contributed by atoms with E-state index in [0.717, 1.165) is 15.9 Å². The van der Waals surface area contributed by atoms with Gasteiger partial charge in [0.15, 0.2) is 0 Å². The Morgan fingerprint density at radius 1 is 1.02 bits per heavy atom. The van der Waals surface area contributed by atoms with Gasteiger partial charge in [0.05, 0.1) is 22.6 Å². The summed E-state index contributed by atoms with van der Waals surface area (Å²) in [6.07, 6.45) is 0.758. The number of amides is 2. The van der Waals surface area contributed by atoms with Gasteiger partial charge in [0.2, 0.25) is 11.8 Å². The van der Waals surface area contributed by atoms with Crippen LogP contribution < -0.4 is 14.4 Å². The number of aryl methyl sites for hydroxylation is 1. The van der Waals surface area contributed by atoms with Crippen molar-refractivity contribution in [2.45, 2.75) is 44.6 Å². The van der Waals surface area contributed by atoms with E-state index in [4.69, 9.17) is 4.74 Å². The monoisotopic (exact) mass is 596 g/mol. The summed E-state index contributed by atoms with van der Waals surface area (Å²) in [4.78, 5) is 39.0. The number of hydrogen-bond donors (Lipinski definition) is 1. The van der Waals surface area contributed by atoms with E-state index in [-0.39, 0.29) is 28.7 Å². The number of benzene rings is 3. The van der Waals surface area contributed by atoms with Crippen LogP contribution >= 0.6 is 0 Å². The van der Waals surface area contributed by atoms with Crippen LogP contribution in [0.2, 0.25) is 0 Å². The number of hydrogen-bond acceptors (Lipinski definition) is 7. The molecule has 0 aliphatic heterocycles. The molecule has 11 nitrogen and oxygen atoms in total. The van der Waals surface area contributed by atoms with Gasteiger partial charge >= 0.3 is 0 Å². The summed E-state index contributed by atoms with van der Waals surface area (Å²) >= 11 is 0. The summed E-state index contributed by atoms with van der Waals surface area (Å²) in [5, 5.41) is 14.3. The Labute approximate surface area is 246 Å². The maximum absolute atomic E-state index is 14.0. The van der Waals surface area contributed by atoms with E-state index in [9.17, 15) is 28.1 Å². The summed E-state index contributed by atoms with van der Waals surface area (Å²) in [6, 6.07) is 18.3. The average Bonchev–Trinajstić information content (AvgIpc) is 2.98. The number of nitro groups is 1. The zero-order valence-corrected chi connectivity index (χ0v) is 25.0. The third-order valence-electron chi connectivity index (χ3n) is 6.83. The second-order valence-corrected chi connectivity index (χ2v) is 11.4. The highest BCUT2D eigenvalue weighted by atomic mass is 32.2. The third-order valence-corrected chi connectivity index (χ3v) is 8.60. The molecule has 0 aliphatic carbocycles. The number of methoxy groups -OCH3 is 1. The minimum absolute atomic E-state index is 0.154. The molecule has 224 valence electrons. The number of sulfonamides is 1. The maximum Gasteiger partial charge on any atom is 0.273 e. The zero-order chi connectivity index (χ0) is 30.9. The van der Waals surface area contributed by atoms with Crippen molar-refractivity contribution in [2.24, 2.45) is 0 Å². The lowest BCUT2D eigenvalue weighted by Gasteiger charge is -2.33. The van der Waals surface area contributed by atoms with Crippen molar-refractivity contribution >= 4 is 33.2 Å². The van der Waals surface area contributed by atoms with Crippen LogP contribution in [0, 0.1) is 17.0 Å². The van der Waals surface area contributed by atoms with Crippen LogP contribution in [0.4, 0.5) is 11.4 Å². The third kappa shape index (κ3) is 7.64. The Balaban J connectivity index is 2.07. The number of nitrogens with one attached hydrogen (secondary N) is 1. The standard InChI is InChI=1S/C30H36N4O7S/c1-5-27(30(36)31-6-2)32(19-18-23-10-8-7-9-11-23)29(35)21-33(24-13-15-25(41-4)16-14-24)42(39,40)26-17-12-22(3)28(20-26)34(37)38/h7-17,20,27H,5-6,18-19,21H2,1-4H3,(H,31,36)/t27-/m1/s1. The highest BCUT2D eigenvalue weighted by molar-refractivity contribution is 7.92. The normalized spacial score (nSPS) is 11.8. The number of carbonyl (C=O) groups is 2. The van der Waals surface area contributed by atoms with Crippen LogP contribution in [0.15, 0.2) is 77.7 Å². The Bertz CT molecular complexity index is 1500. The van der Waals surface area contributed by atoms with Crippen molar-refractivity contribution in [1.29, 1.82) is 0 Å². The Morgan fingerprint density at radius 3 is 2.26 bits per heavy atom. The zero-order valence-electron chi connectivity index (χ0n) is 24.1. The van der Waals surface area contributed by atoms with Gasteiger partial charge in [-0.1, -0.05) is 43.3 Å². The Morgan fingerprint density at radius 2 is 1.69 bits per heavy atom. The fourth-order valence-corrected chi connectivity index (χ4v) is 5.97. The van der Waals surface area contributed by atoms with Crippen molar-refractivity contribution < 1.29 is 27.7 Å². The summed E-state index contributed by atoms with van der Waals surface area (Å²) in [7, 11) is -3.00. The van der Waals surface area contributed by atoms with Crippen LogP contribution in [-0.2, 0) is 26.0 Å². The topological polar surface area (TPSA) is 139 Å². The minimum atomic E-state index is -4.47. The van der Waals surface area contributed by atoms with Crippen molar-refractivity contribution in [3.8, 4) is 5.75 Å². The molecule has 0 aromatic heterocycles. The van der Waals surface area contributed by atoms with Gasteiger partial charge in [-0.25, -0.2) is 8.42 Å². The Kier molecular flexibility index (Phi) is 11.0. The molecule has 0 unspecified atom stereocenters. The molecular formula is C30H36N4O7S. The molecule has 0 saturated carbocycles. The minimum Gasteiger partial charge on any atom is -0.497 e. The second-order valence-electron chi connectivity index (χ2n) is 9.56. The first kappa shape index (κ1) is 32.1. The number of ether oxygens (including phenoxy) is 1. The molecule has 0 spiro atoms. The van der Waals surface area contributed by atoms with Crippen molar-refractivity contribution in [3.63, 3.8) is 0 Å². The van der Waals surface area contributed by atoms with E-state index in [2.05, 4.69) is 5.32 Å². The number of likely N-dealkylation sites (N-methyl/N-ethyl adjacent to an activating group) is 1. The van der Waals surface area contributed by atoms with E-state index in [1.807, 2.05) is 30.3 Å². The van der Waals surface area contributed by atoms with Crippen molar-refractivity contribution in [3.05, 3.63) is 94.0 Å². The van der Waals surface area contributed by atoms with Gasteiger partial charge in [-0.15, -0.1) is 0 Å². The van der Waals surface area contributed by atoms with Gasteiger partial charge in [0.1, 0.15) is 18.3 Å². The van der Waals surface area contributed by atoms with E-state index in [1.54, 1.807) is 26.0 Å². The van der Waals surface area contributed by atoms with E-state index in [1.165, 1.54) is 43.2 Å². The molecule has 1 atom stereocenters. The van der Waals surface area contributed by atoms with Crippen molar-refractivity contribution in [2.75, 3.05) is 31.0 Å². The molecule has 0 aliphatic rings. The molecule has 2 amide bonds. The van der Waals surface area contributed by atoms with Crippen LogP contribution in [0.25, 0.3) is 0 Å². The van der Waals surface area contributed by atoms with Gasteiger partial charge in [-0.3, -0.25) is 24.0 Å². The first-order valence-corrected chi connectivity index (χ1v) is 15.0. The number of nitrogens with zero attached hydrogens (tertiary/aromatic N) is 3. The second kappa shape index (κ2) is 14.4. The van der Waals surface area contributed by atoms with Crippen molar-refractivity contribution in [1.82, 2.24) is 10.2 Å². The molecule has 12 heteroatoms. The molecule has 3 aromatic carbocycles. The Hall–Kier alpha value is -4.45. The average molecular weight is 597 g/mol. The SMILES string of the molecule is CCNC(=O)[C@@H](CC)N(CCc1ccccc1)C(=O)CN(c1ccc(OC)cc1)S(=O)(=O)c1ccc(C)c([N+](=O)[O-])c1. The quantitative estimate of drug-likeness (QED) is 0.218. The molecule has 3 rings (SSSR count). The van der Waals surface area contributed by atoms with E-state index >= 15 is 0 Å². The number of anilines is 1.